The molecule has 6 nitrogen and oxygen atoms in total. The molecule has 1 aliphatic rings. The molecule has 0 unspecified atom stereocenters. The van der Waals surface area contributed by atoms with Gasteiger partial charge in [0.1, 0.15) is 11.6 Å². The summed E-state index contributed by atoms with van der Waals surface area (Å²) in [5.74, 6) is -0.0604. The molecule has 0 atom stereocenters. The molecule has 3 heterocycles. The van der Waals surface area contributed by atoms with Gasteiger partial charge in [0.05, 0.1) is 36.2 Å². The first-order valence-electron chi connectivity index (χ1n) is 8.35. The average Bonchev–Trinajstić information content (AvgIpc) is 2.68. The number of fused-ring (bicyclic) bond motifs is 1. The molecule has 0 spiro atoms. The summed E-state index contributed by atoms with van der Waals surface area (Å²) >= 11 is 0. The van der Waals surface area contributed by atoms with E-state index in [0.717, 1.165) is 18.9 Å². The van der Waals surface area contributed by atoms with Crippen LogP contribution < -0.4 is 10.2 Å². The maximum Gasteiger partial charge on any atom is 0.258 e. The molecule has 1 saturated heterocycles. The van der Waals surface area contributed by atoms with E-state index in [1.165, 1.54) is 12.1 Å². The maximum atomic E-state index is 13.8. The molecule has 1 aliphatic heterocycles. The number of nitrogens with zero attached hydrogens (tertiary/aromatic N) is 3. The molecule has 0 saturated carbocycles. The Labute approximate surface area is 149 Å². The fraction of sp³-hybridized carbons (Fsp3) is 0.211. The van der Waals surface area contributed by atoms with Crippen molar-refractivity contribution < 1.29 is 13.9 Å². The van der Waals surface area contributed by atoms with Crippen LogP contribution in [0.4, 0.5) is 15.9 Å². The molecule has 0 bridgehead atoms. The van der Waals surface area contributed by atoms with Gasteiger partial charge in [0, 0.05) is 24.7 Å². The van der Waals surface area contributed by atoms with Gasteiger partial charge in [0.2, 0.25) is 0 Å². The minimum atomic E-state index is -0.476. The molecule has 26 heavy (non-hydrogen) atoms. The van der Waals surface area contributed by atoms with Gasteiger partial charge in [-0.25, -0.2) is 9.37 Å². The van der Waals surface area contributed by atoms with E-state index in [4.69, 9.17) is 4.74 Å². The Hall–Kier alpha value is -3.06. The molecule has 1 N–H and O–H groups in total. The third-order valence-corrected chi connectivity index (χ3v) is 4.26. The Bertz CT molecular complexity index is 940. The third kappa shape index (κ3) is 3.34. The molecule has 2 aromatic heterocycles. The summed E-state index contributed by atoms with van der Waals surface area (Å²) in [6.07, 6.45) is 3.17. The van der Waals surface area contributed by atoms with Gasteiger partial charge in [-0.15, -0.1) is 0 Å². The van der Waals surface area contributed by atoms with Crippen LogP contribution in [0.15, 0.2) is 48.8 Å². The van der Waals surface area contributed by atoms with Crippen molar-refractivity contribution in [3.63, 3.8) is 0 Å². The zero-order valence-electron chi connectivity index (χ0n) is 14.0. The van der Waals surface area contributed by atoms with Crippen LogP contribution in [-0.2, 0) is 4.74 Å². The lowest BCUT2D eigenvalue weighted by molar-refractivity contribution is 0.102. The van der Waals surface area contributed by atoms with Crippen molar-refractivity contribution in [3.8, 4) is 0 Å². The topological polar surface area (TPSA) is 67.4 Å². The van der Waals surface area contributed by atoms with Crippen molar-refractivity contribution in [1.82, 2.24) is 9.97 Å². The van der Waals surface area contributed by atoms with E-state index in [1.54, 1.807) is 30.6 Å². The van der Waals surface area contributed by atoms with E-state index in [1.807, 2.05) is 6.07 Å². The number of carbonyl (C=O) groups is 1. The molecule has 0 radical (unpaired) electrons. The Morgan fingerprint density at radius 3 is 2.77 bits per heavy atom. The normalized spacial score (nSPS) is 14.4. The molecule has 1 fully saturated rings. The Morgan fingerprint density at radius 2 is 2.00 bits per heavy atom. The highest BCUT2D eigenvalue weighted by Crippen LogP contribution is 2.21. The second-order valence-electron chi connectivity index (χ2n) is 5.99. The standard InChI is InChI=1S/C19H17FN4O2/c20-14-10-13-2-1-5-21-18(13)16(11-14)19(25)23-15-3-4-17(22-12-15)24-6-8-26-9-7-24/h1-5,10-12H,6-9H2,(H,23,25). The van der Waals surface area contributed by atoms with Crippen LogP contribution in [0, 0.1) is 5.82 Å². The van der Waals surface area contributed by atoms with Gasteiger partial charge in [-0.3, -0.25) is 9.78 Å². The summed E-state index contributed by atoms with van der Waals surface area (Å²) in [4.78, 5) is 23.3. The zero-order chi connectivity index (χ0) is 17.9. The van der Waals surface area contributed by atoms with Crippen molar-refractivity contribution in [1.29, 1.82) is 0 Å². The van der Waals surface area contributed by atoms with Crippen molar-refractivity contribution in [2.24, 2.45) is 0 Å². The number of amides is 1. The number of ether oxygens (including phenoxy) is 1. The molecule has 0 aliphatic carbocycles. The Morgan fingerprint density at radius 1 is 1.15 bits per heavy atom. The fourth-order valence-corrected chi connectivity index (χ4v) is 2.97. The Balaban J connectivity index is 1.55. The highest BCUT2D eigenvalue weighted by atomic mass is 19.1. The van der Waals surface area contributed by atoms with E-state index in [9.17, 15) is 9.18 Å². The number of aromatic nitrogens is 2. The molecule has 3 aromatic rings. The van der Waals surface area contributed by atoms with E-state index < -0.39 is 11.7 Å². The number of pyridine rings is 2. The number of rotatable bonds is 3. The van der Waals surface area contributed by atoms with E-state index in [0.29, 0.717) is 29.8 Å². The fourth-order valence-electron chi connectivity index (χ4n) is 2.97. The molecule has 4 rings (SSSR count). The summed E-state index contributed by atoms with van der Waals surface area (Å²) < 4.78 is 19.1. The molecule has 132 valence electrons. The average molecular weight is 352 g/mol. The van der Waals surface area contributed by atoms with E-state index in [2.05, 4.69) is 20.2 Å². The number of hydrogen-bond acceptors (Lipinski definition) is 5. The van der Waals surface area contributed by atoms with Gasteiger partial charge < -0.3 is 15.0 Å². The molecule has 1 aromatic carbocycles. The third-order valence-electron chi connectivity index (χ3n) is 4.26. The lowest BCUT2D eigenvalue weighted by atomic mass is 10.1. The Kier molecular flexibility index (Phi) is 4.45. The van der Waals surface area contributed by atoms with Gasteiger partial charge in [-0.1, -0.05) is 6.07 Å². The van der Waals surface area contributed by atoms with Gasteiger partial charge in [-0.2, -0.15) is 0 Å². The van der Waals surface area contributed by atoms with Crippen molar-refractivity contribution >= 4 is 28.3 Å². The number of hydrogen-bond donors (Lipinski definition) is 1. The van der Waals surface area contributed by atoms with Gasteiger partial charge in [-0.05, 0) is 30.3 Å². The zero-order valence-corrected chi connectivity index (χ0v) is 14.0. The summed E-state index contributed by atoms with van der Waals surface area (Å²) in [6, 6.07) is 9.62. The highest BCUT2D eigenvalue weighted by Gasteiger charge is 2.15. The summed E-state index contributed by atoms with van der Waals surface area (Å²) in [5.41, 5.74) is 1.20. The van der Waals surface area contributed by atoms with Crippen LogP contribution in [0.2, 0.25) is 0 Å². The van der Waals surface area contributed by atoms with Crippen molar-refractivity contribution in [2.45, 2.75) is 0 Å². The molecule has 7 heteroatoms. The summed E-state index contributed by atoms with van der Waals surface area (Å²) in [5, 5.41) is 3.34. The number of morpholine rings is 1. The number of carbonyl (C=O) groups excluding carboxylic acids is 1. The summed E-state index contributed by atoms with van der Waals surface area (Å²) in [7, 11) is 0. The molecular weight excluding hydrogens is 335 g/mol. The van der Waals surface area contributed by atoms with Crippen LogP contribution >= 0.6 is 0 Å². The van der Waals surface area contributed by atoms with Gasteiger partial charge in [0.15, 0.2) is 0 Å². The minimum absolute atomic E-state index is 0.192. The first-order chi connectivity index (χ1) is 12.7. The van der Waals surface area contributed by atoms with E-state index >= 15 is 0 Å². The maximum absolute atomic E-state index is 13.8. The number of nitrogens with one attached hydrogen (secondary N) is 1. The minimum Gasteiger partial charge on any atom is -0.378 e. The SMILES string of the molecule is O=C(Nc1ccc(N2CCOCC2)nc1)c1cc(F)cc2cccnc12. The number of halogens is 1. The largest absolute Gasteiger partial charge is 0.378 e. The summed E-state index contributed by atoms with van der Waals surface area (Å²) in [6.45, 7) is 2.94. The van der Waals surface area contributed by atoms with Crippen LogP contribution in [0.25, 0.3) is 10.9 Å². The second-order valence-corrected chi connectivity index (χ2v) is 5.99. The molecule has 1 amide bonds. The molecular formula is C19H17FN4O2. The number of benzene rings is 1. The van der Waals surface area contributed by atoms with Crippen molar-refractivity contribution in [2.75, 3.05) is 36.5 Å². The van der Waals surface area contributed by atoms with Crippen molar-refractivity contribution in [3.05, 3.63) is 60.2 Å². The van der Waals surface area contributed by atoms with Crippen LogP contribution in [0.3, 0.4) is 0 Å². The lowest BCUT2D eigenvalue weighted by Gasteiger charge is -2.27. The van der Waals surface area contributed by atoms with Crippen LogP contribution in [0.5, 0.6) is 0 Å². The first kappa shape index (κ1) is 16.4. The smallest absolute Gasteiger partial charge is 0.258 e. The highest BCUT2D eigenvalue weighted by molar-refractivity contribution is 6.11. The van der Waals surface area contributed by atoms with Crippen LogP contribution in [0.1, 0.15) is 10.4 Å². The van der Waals surface area contributed by atoms with E-state index in [-0.39, 0.29) is 5.56 Å². The van der Waals surface area contributed by atoms with Gasteiger partial charge in [0.25, 0.3) is 5.91 Å². The monoisotopic (exact) mass is 352 g/mol. The van der Waals surface area contributed by atoms with Crippen LogP contribution in [-0.4, -0.2) is 42.2 Å². The number of anilines is 2. The first-order valence-corrected chi connectivity index (χ1v) is 8.35. The van der Waals surface area contributed by atoms with Gasteiger partial charge >= 0.3 is 0 Å². The predicted molar refractivity (Wildman–Crippen MR) is 96.9 cm³/mol. The second kappa shape index (κ2) is 7.05. The quantitative estimate of drug-likeness (QED) is 0.785. The lowest BCUT2D eigenvalue weighted by Crippen LogP contribution is -2.36. The predicted octanol–water partition coefficient (Wildman–Crippen LogP) is 2.86.